The summed E-state index contributed by atoms with van der Waals surface area (Å²) in [4.78, 5) is 17.6. The van der Waals surface area contributed by atoms with Crippen molar-refractivity contribution in [1.29, 1.82) is 0 Å². The van der Waals surface area contributed by atoms with E-state index in [1.165, 1.54) is 19.3 Å². The lowest BCUT2D eigenvalue weighted by molar-refractivity contribution is 0.0917. The summed E-state index contributed by atoms with van der Waals surface area (Å²) in [6, 6.07) is 14.6. The molecular weight excluding hydrogens is 360 g/mol. The van der Waals surface area contributed by atoms with E-state index in [0.29, 0.717) is 5.82 Å². The largest absolute Gasteiger partial charge is 0.347 e. The number of benzene rings is 2. The van der Waals surface area contributed by atoms with Gasteiger partial charge in [-0.25, -0.2) is 9.67 Å². The molecule has 0 bridgehead atoms. The number of hydrogen-bond donors (Lipinski definition) is 1. The Kier molecular flexibility index (Phi) is 5.47. The van der Waals surface area contributed by atoms with Crippen molar-refractivity contribution in [1.82, 2.24) is 20.1 Å². The maximum atomic E-state index is 12.9. The first-order chi connectivity index (χ1) is 14.0. The zero-order chi connectivity index (χ0) is 20.4. The lowest BCUT2D eigenvalue weighted by atomic mass is 9.95. The summed E-state index contributed by atoms with van der Waals surface area (Å²) in [6.07, 6.45) is 5.67. The molecule has 1 aliphatic rings. The van der Waals surface area contributed by atoms with E-state index in [0.717, 1.165) is 40.8 Å². The summed E-state index contributed by atoms with van der Waals surface area (Å²) in [5.41, 5.74) is 5.28. The average Bonchev–Trinajstić information content (AvgIpc) is 3.16. The fourth-order valence-corrected chi connectivity index (χ4v) is 3.99. The van der Waals surface area contributed by atoms with Crippen LogP contribution in [0.1, 0.15) is 59.4 Å². The standard InChI is InChI=1S/C24H28N4O/c1-16-8-7-9-19(14-16)23-26-22(24(29)25-20-10-5-4-6-11-20)27-28(23)21-15-17(2)12-13-18(21)3/h7-9,12-15,20H,4-6,10-11H2,1-3H3,(H,25,29). The third-order valence-corrected chi connectivity index (χ3v) is 5.62. The summed E-state index contributed by atoms with van der Waals surface area (Å²) in [5.74, 6) is 0.735. The van der Waals surface area contributed by atoms with Crippen LogP contribution in [0.25, 0.3) is 17.1 Å². The fraction of sp³-hybridized carbons (Fsp3) is 0.375. The van der Waals surface area contributed by atoms with Crippen LogP contribution in [0.5, 0.6) is 0 Å². The van der Waals surface area contributed by atoms with Gasteiger partial charge in [0.2, 0.25) is 5.82 Å². The summed E-state index contributed by atoms with van der Waals surface area (Å²) in [6.45, 7) is 6.17. The van der Waals surface area contributed by atoms with Gasteiger partial charge >= 0.3 is 0 Å². The normalized spacial score (nSPS) is 14.7. The third-order valence-electron chi connectivity index (χ3n) is 5.62. The Morgan fingerprint density at radius 1 is 1.00 bits per heavy atom. The SMILES string of the molecule is Cc1cccc(-c2nc(C(=O)NC3CCCCC3)nn2-c2cc(C)ccc2C)c1. The van der Waals surface area contributed by atoms with Crippen molar-refractivity contribution < 1.29 is 4.79 Å². The van der Waals surface area contributed by atoms with Gasteiger partial charge < -0.3 is 5.32 Å². The van der Waals surface area contributed by atoms with E-state index >= 15 is 0 Å². The lowest BCUT2D eigenvalue weighted by Gasteiger charge is -2.21. The Morgan fingerprint density at radius 3 is 2.52 bits per heavy atom. The van der Waals surface area contributed by atoms with Crippen molar-refractivity contribution in [3.05, 3.63) is 65.0 Å². The molecule has 0 radical (unpaired) electrons. The highest BCUT2D eigenvalue weighted by Crippen LogP contribution is 2.25. The molecule has 2 aromatic carbocycles. The number of aromatic nitrogens is 3. The molecule has 0 spiro atoms. The van der Waals surface area contributed by atoms with Gasteiger partial charge in [-0.05, 0) is 56.9 Å². The van der Waals surface area contributed by atoms with Gasteiger partial charge in [-0.1, -0.05) is 55.2 Å². The lowest BCUT2D eigenvalue weighted by Crippen LogP contribution is -2.36. The van der Waals surface area contributed by atoms with Crippen LogP contribution in [0.15, 0.2) is 42.5 Å². The molecule has 0 aliphatic heterocycles. The van der Waals surface area contributed by atoms with Crippen LogP contribution in [0.2, 0.25) is 0 Å². The number of carbonyl (C=O) groups excluding carboxylic acids is 1. The van der Waals surface area contributed by atoms with E-state index in [9.17, 15) is 4.79 Å². The zero-order valence-corrected chi connectivity index (χ0v) is 17.4. The van der Waals surface area contributed by atoms with Crippen LogP contribution < -0.4 is 5.32 Å². The Hall–Kier alpha value is -2.95. The van der Waals surface area contributed by atoms with E-state index in [-0.39, 0.29) is 17.8 Å². The summed E-state index contributed by atoms with van der Waals surface area (Å²) in [7, 11) is 0. The van der Waals surface area contributed by atoms with E-state index in [4.69, 9.17) is 0 Å². The monoisotopic (exact) mass is 388 g/mol. The van der Waals surface area contributed by atoms with Gasteiger partial charge in [-0.3, -0.25) is 4.79 Å². The van der Waals surface area contributed by atoms with Gasteiger partial charge in [0.1, 0.15) is 0 Å². The summed E-state index contributed by atoms with van der Waals surface area (Å²) >= 11 is 0. The molecule has 3 aromatic rings. The molecule has 1 N–H and O–H groups in total. The molecule has 150 valence electrons. The van der Waals surface area contributed by atoms with Crippen LogP contribution in [0, 0.1) is 20.8 Å². The second-order valence-electron chi connectivity index (χ2n) is 8.14. The van der Waals surface area contributed by atoms with Crippen LogP contribution in [-0.2, 0) is 0 Å². The maximum Gasteiger partial charge on any atom is 0.291 e. The molecular formula is C24H28N4O. The Bertz CT molecular complexity index is 1030. The van der Waals surface area contributed by atoms with Crippen molar-refractivity contribution >= 4 is 5.91 Å². The molecule has 1 heterocycles. The second kappa shape index (κ2) is 8.19. The van der Waals surface area contributed by atoms with Crippen LogP contribution in [0.3, 0.4) is 0 Å². The number of rotatable bonds is 4. The molecule has 0 atom stereocenters. The van der Waals surface area contributed by atoms with Gasteiger partial charge in [-0.15, -0.1) is 5.10 Å². The molecule has 0 saturated heterocycles. The quantitative estimate of drug-likeness (QED) is 0.690. The summed E-state index contributed by atoms with van der Waals surface area (Å²) in [5, 5.41) is 7.79. The van der Waals surface area contributed by atoms with Gasteiger partial charge in [-0.2, -0.15) is 0 Å². The minimum atomic E-state index is -0.185. The molecule has 29 heavy (non-hydrogen) atoms. The number of hydrogen-bond acceptors (Lipinski definition) is 3. The number of nitrogens with one attached hydrogen (secondary N) is 1. The topological polar surface area (TPSA) is 59.8 Å². The smallest absolute Gasteiger partial charge is 0.291 e. The fourth-order valence-electron chi connectivity index (χ4n) is 3.99. The highest BCUT2D eigenvalue weighted by Gasteiger charge is 2.23. The van der Waals surface area contributed by atoms with Gasteiger partial charge in [0.05, 0.1) is 5.69 Å². The minimum Gasteiger partial charge on any atom is -0.347 e. The molecule has 5 heteroatoms. The van der Waals surface area contributed by atoms with Crippen molar-refractivity contribution in [2.75, 3.05) is 0 Å². The number of amides is 1. The first-order valence-corrected chi connectivity index (χ1v) is 10.4. The Labute approximate surface area is 172 Å². The van der Waals surface area contributed by atoms with Crippen molar-refractivity contribution in [2.24, 2.45) is 0 Å². The van der Waals surface area contributed by atoms with Crippen LogP contribution in [0.4, 0.5) is 0 Å². The van der Waals surface area contributed by atoms with Crippen molar-refractivity contribution in [2.45, 2.75) is 58.9 Å². The molecule has 1 amide bonds. The molecule has 1 aromatic heterocycles. The van der Waals surface area contributed by atoms with Crippen molar-refractivity contribution in [3.63, 3.8) is 0 Å². The predicted octanol–water partition coefficient (Wildman–Crippen LogP) is 4.92. The average molecular weight is 389 g/mol. The zero-order valence-electron chi connectivity index (χ0n) is 17.4. The van der Waals surface area contributed by atoms with Gasteiger partial charge in [0, 0.05) is 11.6 Å². The summed E-state index contributed by atoms with van der Waals surface area (Å²) < 4.78 is 1.81. The number of carbonyl (C=O) groups is 1. The highest BCUT2D eigenvalue weighted by molar-refractivity contribution is 5.91. The van der Waals surface area contributed by atoms with Crippen molar-refractivity contribution in [3.8, 4) is 17.1 Å². The Morgan fingerprint density at radius 2 is 1.76 bits per heavy atom. The number of aryl methyl sites for hydroxylation is 3. The van der Waals surface area contributed by atoms with Gasteiger partial charge in [0.15, 0.2) is 5.82 Å². The minimum absolute atomic E-state index is 0.185. The molecule has 1 fully saturated rings. The van der Waals surface area contributed by atoms with E-state index in [1.54, 1.807) is 0 Å². The Balaban J connectivity index is 1.76. The first-order valence-electron chi connectivity index (χ1n) is 10.4. The number of nitrogens with zero attached hydrogens (tertiary/aromatic N) is 3. The van der Waals surface area contributed by atoms with Crippen LogP contribution in [-0.4, -0.2) is 26.7 Å². The first kappa shape index (κ1) is 19.4. The predicted molar refractivity (Wildman–Crippen MR) is 115 cm³/mol. The maximum absolute atomic E-state index is 12.9. The van der Waals surface area contributed by atoms with E-state index < -0.39 is 0 Å². The molecule has 5 nitrogen and oxygen atoms in total. The molecule has 0 unspecified atom stereocenters. The molecule has 4 rings (SSSR count). The van der Waals surface area contributed by atoms with E-state index in [1.807, 2.05) is 16.8 Å². The van der Waals surface area contributed by atoms with Gasteiger partial charge in [0.25, 0.3) is 5.91 Å². The molecule has 1 saturated carbocycles. The highest BCUT2D eigenvalue weighted by atomic mass is 16.2. The van der Waals surface area contributed by atoms with E-state index in [2.05, 4.69) is 66.5 Å². The third kappa shape index (κ3) is 4.24. The molecule has 1 aliphatic carbocycles. The van der Waals surface area contributed by atoms with Crippen LogP contribution >= 0.6 is 0 Å². The second-order valence-corrected chi connectivity index (χ2v) is 8.14.